The van der Waals surface area contributed by atoms with Crippen LogP contribution in [0.1, 0.15) is 5.56 Å². The molecule has 0 saturated carbocycles. The van der Waals surface area contributed by atoms with Gasteiger partial charge in [-0.3, -0.25) is 0 Å². The van der Waals surface area contributed by atoms with Gasteiger partial charge in [-0.05, 0) is 35.3 Å². The Bertz CT molecular complexity index is 580. The van der Waals surface area contributed by atoms with E-state index in [1.54, 1.807) is 12.1 Å². The predicted octanol–water partition coefficient (Wildman–Crippen LogP) is 2.45. The SMILES string of the molecule is OB(O)c1ccc(CSc2cccc(Cl)c2)c(F)c1. The molecule has 0 aromatic heterocycles. The fourth-order valence-electron chi connectivity index (χ4n) is 1.56. The number of hydrogen-bond donors (Lipinski definition) is 2. The molecule has 0 amide bonds. The molecule has 0 fully saturated rings. The smallest absolute Gasteiger partial charge is 0.423 e. The van der Waals surface area contributed by atoms with E-state index in [1.807, 2.05) is 18.2 Å². The van der Waals surface area contributed by atoms with Crippen molar-refractivity contribution in [3.8, 4) is 0 Å². The summed E-state index contributed by atoms with van der Waals surface area (Å²) in [5, 5.41) is 18.5. The zero-order chi connectivity index (χ0) is 13.8. The van der Waals surface area contributed by atoms with Gasteiger partial charge in [0, 0.05) is 15.7 Å². The van der Waals surface area contributed by atoms with Crippen molar-refractivity contribution in [2.75, 3.05) is 0 Å². The maximum atomic E-state index is 13.7. The van der Waals surface area contributed by atoms with Crippen LogP contribution in [0.4, 0.5) is 4.39 Å². The van der Waals surface area contributed by atoms with E-state index < -0.39 is 12.9 Å². The molecule has 2 N–H and O–H groups in total. The highest BCUT2D eigenvalue weighted by Gasteiger charge is 2.13. The Morgan fingerprint density at radius 2 is 1.95 bits per heavy atom. The van der Waals surface area contributed by atoms with Gasteiger partial charge in [-0.25, -0.2) is 4.39 Å². The Morgan fingerprint density at radius 3 is 2.58 bits per heavy atom. The van der Waals surface area contributed by atoms with Crippen LogP contribution in [0.5, 0.6) is 0 Å². The second-order valence-corrected chi connectivity index (χ2v) is 5.46. The van der Waals surface area contributed by atoms with Crippen molar-refractivity contribution in [3.63, 3.8) is 0 Å². The van der Waals surface area contributed by atoms with E-state index in [1.165, 1.54) is 17.8 Å². The second kappa shape index (κ2) is 6.43. The molecule has 0 aliphatic carbocycles. The third-order valence-corrected chi connectivity index (χ3v) is 3.84. The molecule has 0 aliphatic heterocycles. The summed E-state index contributed by atoms with van der Waals surface area (Å²) in [5.74, 6) is 0.00803. The lowest BCUT2D eigenvalue weighted by atomic mass is 9.80. The molecule has 0 atom stereocenters. The minimum absolute atomic E-state index is 0.147. The normalized spacial score (nSPS) is 10.5. The third kappa shape index (κ3) is 3.98. The van der Waals surface area contributed by atoms with Crippen LogP contribution in [0.15, 0.2) is 47.4 Å². The quantitative estimate of drug-likeness (QED) is 0.672. The molecule has 2 aromatic rings. The molecule has 2 rings (SSSR count). The topological polar surface area (TPSA) is 40.5 Å². The highest BCUT2D eigenvalue weighted by atomic mass is 35.5. The molecule has 0 radical (unpaired) electrons. The van der Waals surface area contributed by atoms with E-state index in [2.05, 4.69) is 0 Å². The van der Waals surface area contributed by atoms with E-state index >= 15 is 0 Å². The lowest BCUT2D eigenvalue weighted by Gasteiger charge is -2.06. The van der Waals surface area contributed by atoms with Crippen LogP contribution in [-0.4, -0.2) is 17.2 Å². The maximum absolute atomic E-state index is 13.7. The second-order valence-electron chi connectivity index (χ2n) is 3.97. The van der Waals surface area contributed by atoms with Crippen LogP contribution >= 0.6 is 23.4 Å². The van der Waals surface area contributed by atoms with Crippen molar-refractivity contribution in [1.29, 1.82) is 0 Å². The predicted molar refractivity (Wildman–Crippen MR) is 77.2 cm³/mol. The van der Waals surface area contributed by atoms with Gasteiger partial charge in [0.2, 0.25) is 0 Å². The van der Waals surface area contributed by atoms with Crippen molar-refractivity contribution >= 4 is 35.9 Å². The van der Waals surface area contributed by atoms with Crippen LogP contribution in [0.3, 0.4) is 0 Å². The van der Waals surface area contributed by atoms with Gasteiger partial charge in [-0.1, -0.05) is 29.8 Å². The van der Waals surface area contributed by atoms with Crippen molar-refractivity contribution in [2.24, 2.45) is 0 Å². The van der Waals surface area contributed by atoms with Crippen LogP contribution in [0.2, 0.25) is 5.02 Å². The van der Waals surface area contributed by atoms with E-state index in [-0.39, 0.29) is 5.46 Å². The van der Waals surface area contributed by atoms with Crippen molar-refractivity contribution in [3.05, 3.63) is 58.9 Å². The first-order valence-corrected chi connectivity index (χ1v) is 6.95. The monoisotopic (exact) mass is 296 g/mol. The molecule has 2 nitrogen and oxygen atoms in total. The summed E-state index contributed by atoms with van der Waals surface area (Å²) >= 11 is 7.34. The van der Waals surface area contributed by atoms with Crippen LogP contribution < -0.4 is 5.46 Å². The van der Waals surface area contributed by atoms with Gasteiger partial charge in [0.25, 0.3) is 0 Å². The number of thioether (sulfide) groups is 1. The van der Waals surface area contributed by atoms with E-state index in [9.17, 15) is 4.39 Å². The summed E-state index contributed by atoms with van der Waals surface area (Å²) in [5.41, 5.74) is 0.656. The summed E-state index contributed by atoms with van der Waals surface area (Å²) in [6.45, 7) is 0. The van der Waals surface area contributed by atoms with Crippen LogP contribution in [0.25, 0.3) is 0 Å². The highest BCUT2D eigenvalue weighted by Crippen LogP contribution is 2.25. The Balaban J connectivity index is 2.07. The largest absolute Gasteiger partial charge is 0.488 e. The molecule has 0 aliphatic rings. The lowest BCUT2D eigenvalue weighted by molar-refractivity contribution is 0.425. The summed E-state index contributed by atoms with van der Waals surface area (Å²) in [4.78, 5) is 0.957. The molecule has 0 bridgehead atoms. The average molecular weight is 297 g/mol. The fourth-order valence-corrected chi connectivity index (χ4v) is 2.76. The minimum Gasteiger partial charge on any atom is -0.423 e. The van der Waals surface area contributed by atoms with Gasteiger partial charge in [0.15, 0.2) is 0 Å². The highest BCUT2D eigenvalue weighted by molar-refractivity contribution is 7.98. The number of rotatable bonds is 4. The molecule has 0 saturated heterocycles. The standard InChI is InChI=1S/C13H11BClFO2S/c15-11-2-1-3-12(7-11)19-8-9-4-5-10(14(17)18)6-13(9)16/h1-7,17-18H,8H2. The summed E-state index contributed by atoms with van der Waals surface area (Å²) < 4.78 is 13.7. The van der Waals surface area contributed by atoms with Crippen LogP contribution in [0, 0.1) is 5.82 Å². The number of hydrogen-bond acceptors (Lipinski definition) is 3. The average Bonchev–Trinajstić information content (AvgIpc) is 2.37. The lowest BCUT2D eigenvalue weighted by Crippen LogP contribution is -2.30. The van der Waals surface area contributed by atoms with Crippen LogP contribution in [-0.2, 0) is 5.75 Å². The molecular formula is C13H11BClFO2S. The first-order chi connectivity index (χ1) is 9.06. The number of halogens is 2. The Labute approximate surface area is 120 Å². The Morgan fingerprint density at radius 1 is 1.16 bits per heavy atom. The molecule has 0 heterocycles. The molecule has 2 aromatic carbocycles. The zero-order valence-electron chi connectivity index (χ0n) is 9.88. The van der Waals surface area contributed by atoms with Crippen molar-refractivity contribution < 1.29 is 14.4 Å². The van der Waals surface area contributed by atoms with Gasteiger partial charge in [-0.15, -0.1) is 11.8 Å². The third-order valence-electron chi connectivity index (χ3n) is 2.57. The molecule has 6 heteroatoms. The molecule has 0 spiro atoms. The maximum Gasteiger partial charge on any atom is 0.488 e. The van der Waals surface area contributed by atoms with Gasteiger partial charge >= 0.3 is 7.12 Å². The number of benzene rings is 2. The summed E-state index contributed by atoms with van der Waals surface area (Å²) in [6.07, 6.45) is 0. The first-order valence-electron chi connectivity index (χ1n) is 5.59. The van der Waals surface area contributed by atoms with E-state index in [0.717, 1.165) is 11.0 Å². The minimum atomic E-state index is -1.65. The molecule has 98 valence electrons. The first kappa shape index (κ1) is 14.4. The summed E-state index contributed by atoms with van der Waals surface area (Å²) in [6, 6.07) is 11.5. The summed E-state index contributed by atoms with van der Waals surface area (Å²) in [7, 11) is -1.65. The van der Waals surface area contributed by atoms with E-state index in [4.69, 9.17) is 21.6 Å². The zero-order valence-corrected chi connectivity index (χ0v) is 11.5. The Kier molecular flexibility index (Phi) is 4.88. The molecular weight excluding hydrogens is 285 g/mol. The molecule has 0 unspecified atom stereocenters. The fraction of sp³-hybridized carbons (Fsp3) is 0.0769. The molecule has 19 heavy (non-hydrogen) atoms. The van der Waals surface area contributed by atoms with Gasteiger partial charge < -0.3 is 10.0 Å². The van der Waals surface area contributed by atoms with Crippen molar-refractivity contribution in [2.45, 2.75) is 10.6 Å². The Hall–Kier alpha value is -1.01. The van der Waals surface area contributed by atoms with Gasteiger partial charge in [0.1, 0.15) is 5.82 Å². The van der Waals surface area contributed by atoms with E-state index in [0.29, 0.717) is 16.3 Å². The van der Waals surface area contributed by atoms with Crippen molar-refractivity contribution in [1.82, 2.24) is 0 Å². The van der Waals surface area contributed by atoms with Gasteiger partial charge in [0.05, 0.1) is 0 Å². The van der Waals surface area contributed by atoms with Gasteiger partial charge in [-0.2, -0.15) is 0 Å².